The summed E-state index contributed by atoms with van der Waals surface area (Å²) in [5.41, 5.74) is 2.50. The molecule has 10 heteroatoms. The lowest BCUT2D eigenvalue weighted by molar-refractivity contribution is -0.150. The van der Waals surface area contributed by atoms with Crippen molar-refractivity contribution in [2.45, 2.75) is 69.1 Å². The van der Waals surface area contributed by atoms with Crippen LogP contribution in [0.1, 0.15) is 36.5 Å². The molecule has 1 N–H and O–H groups in total. The van der Waals surface area contributed by atoms with Gasteiger partial charge in [0.25, 0.3) is 5.91 Å². The molecule has 4 heterocycles. The zero-order valence-corrected chi connectivity index (χ0v) is 26.8. The number of nitrogens with zero attached hydrogens (tertiary/aromatic N) is 3. The van der Waals surface area contributed by atoms with Crippen LogP contribution in [0.4, 0.5) is 21.2 Å². The molecule has 0 bridgehead atoms. The van der Waals surface area contributed by atoms with Crippen molar-refractivity contribution in [2.75, 3.05) is 23.0 Å². The number of rotatable bonds is 6. The van der Waals surface area contributed by atoms with E-state index in [1.54, 1.807) is 27.8 Å². The number of fused-ring (bicyclic) bond motifs is 3. The number of halogens is 1. The van der Waals surface area contributed by atoms with Crippen LogP contribution in [0, 0.1) is 5.92 Å². The molecule has 4 aliphatic heterocycles. The Hall–Kier alpha value is -3.86. The number of β-lactam (4-membered cyclic amide) rings is 1. The van der Waals surface area contributed by atoms with E-state index < -0.39 is 37.6 Å². The van der Waals surface area contributed by atoms with Crippen LogP contribution in [-0.4, -0.2) is 61.4 Å². The minimum absolute atomic E-state index is 0.00817. The number of anilines is 3. The average molecular weight is 628 g/mol. The van der Waals surface area contributed by atoms with Crippen molar-refractivity contribution < 1.29 is 28.3 Å². The Morgan fingerprint density at radius 2 is 1.73 bits per heavy atom. The number of hydrogen-bond donors (Lipinski definition) is 1. The highest BCUT2D eigenvalue weighted by molar-refractivity contribution is 6.72. The van der Waals surface area contributed by atoms with E-state index in [9.17, 15) is 19.5 Å². The standard InChI is InChI=1S/C35H38FN3O5Si/c1-22-33(45(2,3)36)30(19-32(42)38-20-24-10-8-7-9-23(24)17-27(38)21-40)44-35(22)28-18-26(37-16-15-31(37)41)13-14-29(28)39(34(35)43)25-11-5-4-6-12-25/h4-14,18,22,27,30,33,40H,15-17,19-21H2,1-3H3/t22-,27+,30+,33-,35+/m1/s1. The maximum atomic E-state index is 16.4. The average Bonchev–Trinajstić information content (AvgIpc) is 3.45. The molecule has 1 spiro atoms. The maximum Gasteiger partial charge on any atom is 0.268 e. The van der Waals surface area contributed by atoms with Gasteiger partial charge in [0.05, 0.1) is 30.9 Å². The minimum atomic E-state index is -3.52. The highest BCUT2D eigenvalue weighted by Gasteiger charge is 2.67. The third-order valence-corrected chi connectivity index (χ3v) is 12.7. The van der Waals surface area contributed by atoms with E-state index in [1.807, 2.05) is 79.7 Å². The summed E-state index contributed by atoms with van der Waals surface area (Å²) >= 11 is 0. The molecular formula is C35H38FN3O5Si. The molecule has 234 valence electrons. The van der Waals surface area contributed by atoms with E-state index in [-0.39, 0.29) is 30.7 Å². The van der Waals surface area contributed by atoms with Gasteiger partial charge in [0.15, 0.2) is 5.60 Å². The van der Waals surface area contributed by atoms with Gasteiger partial charge in [0.1, 0.15) is 0 Å². The molecule has 8 nitrogen and oxygen atoms in total. The van der Waals surface area contributed by atoms with Gasteiger partial charge >= 0.3 is 0 Å². The minimum Gasteiger partial charge on any atom is -0.394 e. The van der Waals surface area contributed by atoms with Crippen LogP contribution in [0.25, 0.3) is 0 Å². The number of hydrogen-bond acceptors (Lipinski definition) is 5. The molecule has 4 aliphatic rings. The van der Waals surface area contributed by atoms with Crippen LogP contribution in [0.15, 0.2) is 72.8 Å². The summed E-state index contributed by atoms with van der Waals surface area (Å²) < 4.78 is 23.3. The first-order valence-corrected chi connectivity index (χ1v) is 18.7. The predicted octanol–water partition coefficient (Wildman–Crippen LogP) is 5.21. The molecule has 7 rings (SSSR count). The maximum absolute atomic E-state index is 16.4. The van der Waals surface area contributed by atoms with Gasteiger partial charge in [-0.15, -0.1) is 0 Å². The smallest absolute Gasteiger partial charge is 0.268 e. The fraction of sp³-hybridized carbons (Fsp3) is 0.400. The van der Waals surface area contributed by atoms with Crippen molar-refractivity contribution in [3.63, 3.8) is 0 Å². The fourth-order valence-corrected chi connectivity index (χ4v) is 10.6. The predicted molar refractivity (Wildman–Crippen MR) is 171 cm³/mol. The normalized spacial score (nSPS) is 27.5. The zero-order chi connectivity index (χ0) is 31.7. The SMILES string of the molecule is C[C@@H]1[C@@H]([Si](C)(C)F)[C@H](CC(=O)N2Cc3ccccc3C[C@H]2CO)O[C@@]12C(=O)N(c1ccccc1)c1ccc(N3CCC3=O)cc12. The van der Waals surface area contributed by atoms with Crippen LogP contribution in [0.2, 0.25) is 18.6 Å². The Kier molecular flexibility index (Phi) is 7.22. The molecule has 2 fully saturated rings. The summed E-state index contributed by atoms with van der Waals surface area (Å²) in [6.07, 6.45) is 0.0482. The van der Waals surface area contributed by atoms with Crippen LogP contribution in [-0.2, 0) is 37.7 Å². The highest BCUT2D eigenvalue weighted by Crippen LogP contribution is 2.61. The summed E-state index contributed by atoms with van der Waals surface area (Å²) in [4.78, 5) is 46.2. The Balaban J connectivity index is 1.29. The summed E-state index contributed by atoms with van der Waals surface area (Å²) in [5.74, 6) is -1.12. The topological polar surface area (TPSA) is 90.4 Å². The molecular weight excluding hydrogens is 589 g/mol. The summed E-state index contributed by atoms with van der Waals surface area (Å²) in [6, 6.07) is 22.3. The molecule has 0 unspecified atom stereocenters. The lowest BCUT2D eigenvalue weighted by Gasteiger charge is -2.37. The van der Waals surface area contributed by atoms with E-state index >= 15 is 4.11 Å². The van der Waals surface area contributed by atoms with Crippen LogP contribution < -0.4 is 9.80 Å². The van der Waals surface area contributed by atoms with Gasteiger partial charge < -0.3 is 23.8 Å². The van der Waals surface area contributed by atoms with Crippen molar-refractivity contribution in [3.05, 3.63) is 89.5 Å². The molecule has 0 aliphatic carbocycles. The largest absolute Gasteiger partial charge is 0.394 e. The van der Waals surface area contributed by atoms with Gasteiger partial charge in [-0.25, -0.2) is 0 Å². The number of para-hydroxylation sites is 1. The molecule has 2 saturated heterocycles. The van der Waals surface area contributed by atoms with Crippen LogP contribution >= 0.6 is 0 Å². The number of ether oxygens (including phenoxy) is 1. The van der Waals surface area contributed by atoms with Gasteiger partial charge in [-0.2, -0.15) is 0 Å². The van der Waals surface area contributed by atoms with Crippen molar-refractivity contribution in [2.24, 2.45) is 5.92 Å². The first kappa shape index (κ1) is 29.8. The van der Waals surface area contributed by atoms with E-state index in [0.29, 0.717) is 48.6 Å². The number of benzene rings is 3. The van der Waals surface area contributed by atoms with Crippen molar-refractivity contribution in [3.8, 4) is 0 Å². The first-order chi connectivity index (χ1) is 21.5. The summed E-state index contributed by atoms with van der Waals surface area (Å²) in [5, 5.41) is 10.2. The third kappa shape index (κ3) is 4.64. The molecule has 3 amide bonds. The Bertz CT molecular complexity index is 1680. The lowest BCUT2D eigenvalue weighted by Crippen LogP contribution is -2.48. The molecule has 3 aromatic rings. The number of aliphatic hydroxyl groups excluding tert-OH is 1. The van der Waals surface area contributed by atoms with E-state index in [0.717, 1.165) is 11.1 Å². The van der Waals surface area contributed by atoms with Crippen molar-refractivity contribution in [1.82, 2.24) is 4.90 Å². The molecule has 0 aromatic heterocycles. The highest BCUT2D eigenvalue weighted by atomic mass is 28.4. The summed E-state index contributed by atoms with van der Waals surface area (Å²) in [7, 11) is -3.52. The van der Waals surface area contributed by atoms with Crippen molar-refractivity contribution >= 4 is 43.2 Å². The Labute approximate surface area is 263 Å². The number of aliphatic hydroxyl groups is 1. The monoisotopic (exact) mass is 627 g/mol. The molecule has 0 saturated carbocycles. The molecule has 45 heavy (non-hydrogen) atoms. The van der Waals surface area contributed by atoms with E-state index in [2.05, 4.69) is 0 Å². The van der Waals surface area contributed by atoms with Crippen molar-refractivity contribution in [1.29, 1.82) is 0 Å². The second-order valence-electron chi connectivity index (χ2n) is 13.3. The van der Waals surface area contributed by atoms with Crippen LogP contribution in [0.3, 0.4) is 0 Å². The summed E-state index contributed by atoms with van der Waals surface area (Å²) in [6.45, 7) is 5.86. The second kappa shape index (κ2) is 10.9. The molecule has 3 aromatic carbocycles. The quantitative estimate of drug-likeness (QED) is 0.230. The zero-order valence-electron chi connectivity index (χ0n) is 25.8. The number of amides is 3. The fourth-order valence-electron chi connectivity index (χ4n) is 8.08. The first-order valence-electron chi connectivity index (χ1n) is 15.7. The Morgan fingerprint density at radius 1 is 1.02 bits per heavy atom. The third-order valence-electron chi connectivity index (χ3n) is 10.3. The molecule has 0 radical (unpaired) electrons. The van der Waals surface area contributed by atoms with Gasteiger partial charge in [0.2, 0.25) is 20.2 Å². The number of carbonyl (C=O) groups is 3. The van der Waals surface area contributed by atoms with E-state index in [4.69, 9.17) is 4.74 Å². The van der Waals surface area contributed by atoms with E-state index in [1.165, 1.54) is 0 Å². The van der Waals surface area contributed by atoms with Gasteiger partial charge in [-0.1, -0.05) is 49.4 Å². The van der Waals surface area contributed by atoms with Gasteiger partial charge in [-0.3, -0.25) is 19.3 Å². The second-order valence-corrected chi connectivity index (χ2v) is 17.1. The number of carbonyl (C=O) groups excluding carboxylic acids is 3. The van der Waals surface area contributed by atoms with Crippen LogP contribution in [0.5, 0.6) is 0 Å². The molecule has 5 atom stereocenters. The van der Waals surface area contributed by atoms with Gasteiger partial charge in [0, 0.05) is 47.9 Å². The Morgan fingerprint density at radius 3 is 2.38 bits per heavy atom. The lowest BCUT2D eigenvalue weighted by atomic mass is 9.82. The van der Waals surface area contributed by atoms with Gasteiger partial charge in [-0.05, 0) is 61.0 Å².